The number of benzene rings is 1. The van der Waals surface area contributed by atoms with Crippen molar-refractivity contribution in [3.05, 3.63) is 35.9 Å². The fraction of sp³-hybridized carbons (Fsp3) is 0.500. The van der Waals surface area contributed by atoms with Crippen molar-refractivity contribution in [3.63, 3.8) is 0 Å². The predicted octanol–water partition coefficient (Wildman–Crippen LogP) is 3.03. The Morgan fingerprint density at radius 3 is 2.62 bits per heavy atom. The van der Waals surface area contributed by atoms with Gasteiger partial charge in [0.2, 0.25) is 0 Å². The van der Waals surface area contributed by atoms with Crippen LogP contribution in [0.4, 0.5) is 0 Å². The molecule has 2 nitrogen and oxygen atoms in total. The van der Waals surface area contributed by atoms with Crippen molar-refractivity contribution in [2.75, 3.05) is 6.73 Å². The first-order valence-electron chi connectivity index (χ1n) is 5.99. The molecule has 2 heteroatoms. The first-order chi connectivity index (χ1) is 7.86. The van der Waals surface area contributed by atoms with Crippen LogP contribution in [0.15, 0.2) is 35.3 Å². The molecule has 0 heterocycles. The third-order valence-corrected chi connectivity index (χ3v) is 3.73. The van der Waals surface area contributed by atoms with Crippen LogP contribution in [0.25, 0.3) is 0 Å². The standard InChI is InChI=1S/C14H17NO/c1-2-4-12(5-3-1)9-16-11-15-10-14-6-13(7-14)8-14/h1-5,10,13H,6-9,11H2. The normalized spacial score (nSPS) is 31.1. The molecule has 3 aliphatic carbocycles. The lowest BCUT2D eigenvalue weighted by atomic mass is 9.45. The lowest BCUT2D eigenvalue weighted by Crippen LogP contribution is -2.52. The van der Waals surface area contributed by atoms with Crippen LogP contribution in [0.3, 0.4) is 0 Å². The van der Waals surface area contributed by atoms with Gasteiger partial charge in [0.15, 0.2) is 0 Å². The molecule has 4 rings (SSSR count). The van der Waals surface area contributed by atoms with Gasteiger partial charge in [-0.25, -0.2) is 0 Å². The maximum Gasteiger partial charge on any atom is 0.137 e. The van der Waals surface area contributed by atoms with Gasteiger partial charge in [-0.15, -0.1) is 0 Å². The maximum atomic E-state index is 5.50. The van der Waals surface area contributed by atoms with Gasteiger partial charge in [-0.3, -0.25) is 4.99 Å². The van der Waals surface area contributed by atoms with E-state index in [1.807, 2.05) is 18.2 Å². The van der Waals surface area contributed by atoms with E-state index in [2.05, 4.69) is 23.3 Å². The number of aliphatic imine (C=N–C) groups is 1. The molecule has 0 radical (unpaired) electrons. The number of ether oxygens (including phenoxy) is 1. The van der Waals surface area contributed by atoms with Crippen LogP contribution < -0.4 is 0 Å². The molecule has 0 aliphatic heterocycles. The van der Waals surface area contributed by atoms with Crippen LogP contribution in [-0.2, 0) is 11.3 Å². The molecule has 16 heavy (non-hydrogen) atoms. The van der Waals surface area contributed by atoms with E-state index in [4.69, 9.17) is 4.74 Å². The minimum absolute atomic E-state index is 0.501. The summed E-state index contributed by atoms with van der Waals surface area (Å²) >= 11 is 0. The number of rotatable bonds is 5. The fourth-order valence-electron chi connectivity index (χ4n) is 2.72. The van der Waals surface area contributed by atoms with Crippen LogP contribution in [0, 0.1) is 11.3 Å². The summed E-state index contributed by atoms with van der Waals surface area (Å²) in [5, 5.41) is 0. The molecule has 0 atom stereocenters. The second kappa shape index (κ2) is 4.02. The number of hydrogen-bond acceptors (Lipinski definition) is 2. The molecule has 1 aromatic carbocycles. The quantitative estimate of drug-likeness (QED) is 0.546. The SMILES string of the molecule is C(=NCOCc1ccccc1)C12CC(C1)C2. The Labute approximate surface area is 96.3 Å². The minimum atomic E-state index is 0.501. The third-order valence-electron chi connectivity index (χ3n) is 3.73. The second-order valence-corrected chi connectivity index (χ2v) is 5.12. The van der Waals surface area contributed by atoms with E-state index < -0.39 is 0 Å². The van der Waals surface area contributed by atoms with Crippen molar-refractivity contribution >= 4 is 6.21 Å². The molecule has 84 valence electrons. The Balaban J connectivity index is 1.38. The predicted molar refractivity (Wildman–Crippen MR) is 64.4 cm³/mol. The van der Waals surface area contributed by atoms with Crippen molar-refractivity contribution in [3.8, 4) is 0 Å². The van der Waals surface area contributed by atoms with E-state index in [1.54, 1.807) is 0 Å². The van der Waals surface area contributed by atoms with Gasteiger partial charge >= 0.3 is 0 Å². The first kappa shape index (κ1) is 10.0. The largest absolute Gasteiger partial charge is 0.355 e. The van der Waals surface area contributed by atoms with E-state index >= 15 is 0 Å². The summed E-state index contributed by atoms with van der Waals surface area (Å²) in [4.78, 5) is 4.37. The molecule has 1 aromatic rings. The molecule has 0 unspecified atom stereocenters. The van der Waals surface area contributed by atoms with Gasteiger partial charge in [0, 0.05) is 11.6 Å². The minimum Gasteiger partial charge on any atom is -0.355 e. The highest BCUT2D eigenvalue weighted by Gasteiger charge is 2.55. The van der Waals surface area contributed by atoms with Crippen LogP contribution in [0.1, 0.15) is 24.8 Å². The van der Waals surface area contributed by atoms with Gasteiger partial charge < -0.3 is 4.74 Å². The Kier molecular flexibility index (Phi) is 2.52. The Hall–Kier alpha value is -1.15. The molecular formula is C14H17NO. The second-order valence-electron chi connectivity index (χ2n) is 5.12. The summed E-state index contributed by atoms with van der Waals surface area (Å²) in [5.41, 5.74) is 1.71. The van der Waals surface area contributed by atoms with E-state index in [0.717, 1.165) is 5.92 Å². The van der Waals surface area contributed by atoms with Crippen LogP contribution in [-0.4, -0.2) is 12.9 Å². The highest BCUT2D eigenvalue weighted by molar-refractivity contribution is 5.70. The van der Waals surface area contributed by atoms with E-state index in [1.165, 1.54) is 24.8 Å². The number of hydrogen-bond donors (Lipinski definition) is 0. The van der Waals surface area contributed by atoms with Gasteiger partial charge in [0.05, 0.1) is 6.61 Å². The Morgan fingerprint density at radius 1 is 1.25 bits per heavy atom. The zero-order chi connectivity index (χ0) is 10.8. The van der Waals surface area contributed by atoms with Crippen molar-refractivity contribution in [1.82, 2.24) is 0 Å². The zero-order valence-electron chi connectivity index (χ0n) is 9.43. The summed E-state index contributed by atoms with van der Waals surface area (Å²) < 4.78 is 5.50. The smallest absolute Gasteiger partial charge is 0.137 e. The lowest BCUT2D eigenvalue weighted by Gasteiger charge is -2.59. The summed E-state index contributed by atoms with van der Waals surface area (Å²) in [6.45, 7) is 1.16. The van der Waals surface area contributed by atoms with Crippen molar-refractivity contribution in [2.24, 2.45) is 16.3 Å². The van der Waals surface area contributed by atoms with E-state index in [0.29, 0.717) is 18.8 Å². The lowest BCUT2D eigenvalue weighted by molar-refractivity contribution is -0.0365. The molecule has 0 saturated heterocycles. The van der Waals surface area contributed by atoms with E-state index in [9.17, 15) is 0 Å². The molecule has 0 amide bonds. The molecular weight excluding hydrogens is 198 g/mol. The van der Waals surface area contributed by atoms with Crippen LogP contribution in [0.5, 0.6) is 0 Å². The monoisotopic (exact) mass is 215 g/mol. The molecule has 0 N–H and O–H groups in total. The molecule has 3 aliphatic rings. The number of nitrogens with zero attached hydrogens (tertiary/aromatic N) is 1. The molecule has 3 saturated carbocycles. The molecule has 0 aromatic heterocycles. The highest BCUT2D eigenvalue weighted by atomic mass is 16.5. The molecule has 3 fully saturated rings. The van der Waals surface area contributed by atoms with Crippen LogP contribution >= 0.6 is 0 Å². The summed E-state index contributed by atoms with van der Waals surface area (Å²) in [6, 6.07) is 10.2. The van der Waals surface area contributed by atoms with Gasteiger partial charge in [0.25, 0.3) is 0 Å². The summed E-state index contributed by atoms with van der Waals surface area (Å²) in [5.74, 6) is 1.02. The molecule has 0 spiro atoms. The third kappa shape index (κ3) is 1.90. The Bertz CT molecular complexity index is 368. The zero-order valence-corrected chi connectivity index (χ0v) is 9.43. The summed E-state index contributed by atoms with van der Waals surface area (Å²) in [7, 11) is 0. The average molecular weight is 215 g/mol. The average Bonchev–Trinajstić information content (AvgIpc) is 2.20. The molecule has 2 bridgehead atoms. The van der Waals surface area contributed by atoms with Gasteiger partial charge in [0.1, 0.15) is 6.73 Å². The summed E-state index contributed by atoms with van der Waals surface area (Å²) in [6.07, 6.45) is 6.25. The maximum absolute atomic E-state index is 5.50. The Morgan fingerprint density at radius 2 is 2.00 bits per heavy atom. The van der Waals surface area contributed by atoms with E-state index in [-0.39, 0.29) is 0 Å². The topological polar surface area (TPSA) is 21.6 Å². The van der Waals surface area contributed by atoms with Gasteiger partial charge in [-0.2, -0.15) is 0 Å². The van der Waals surface area contributed by atoms with Crippen molar-refractivity contribution < 1.29 is 4.74 Å². The fourth-order valence-corrected chi connectivity index (χ4v) is 2.72. The van der Waals surface area contributed by atoms with Crippen molar-refractivity contribution in [1.29, 1.82) is 0 Å². The van der Waals surface area contributed by atoms with Crippen LogP contribution in [0.2, 0.25) is 0 Å². The van der Waals surface area contributed by atoms with Crippen molar-refractivity contribution in [2.45, 2.75) is 25.9 Å². The first-order valence-corrected chi connectivity index (χ1v) is 5.99. The highest BCUT2D eigenvalue weighted by Crippen LogP contribution is 2.63. The van der Waals surface area contributed by atoms with Gasteiger partial charge in [-0.1, -0.05) is 30.3 Å². The van der Waals surface area contributed by atoms with Gasteiger partial charge in [-0.05, 0) is 30.7 Å².